The van der Waals surface area contributed by atoms with E-state index in [-0.39, 0.29) is 23.1 Å². The summed E-state index contributed by atoms with van der Waals surface area (Å²) in [5.41, 5.74) is 3.22. The van der Waals surface area contributed by atoms with E-state index in [2.05, 4.69) is 17.2 Å². The molecule has 5 nitrogen and oxygen atoms in total. The molecule has 0 aromatic heterocycles. The minimum atomic E-state index is -0.228. The molecule has 34 heavy (non-hydrogen) atoms. The second-order valence-electron chi connectivity index (χ2n) is 8.22. The third kappa shape index (κ3) is 5.94. The van der Waals surface area contributed by atoms with E-state index in [1.54, 1.807) is 12.1 Å². The third-order valence-corrected chi connectivity index (χ3v) is 6.81. The molecule has 2 aromatic carbocycles. The number of rotatable bonds is 8. The molecular weight excluding hydrogens is 444 g/mol. The Morgan fingerprint density at radius 2 is 1.91 bits per heavy atom. The van der Waals surface area contributed by atoms with Crippen LogP contribution in [0.1, 0.15) is 54.2 Å². The summed E-state index contributed by atoms with van der Waals surface area (Å²) >= 11 is 1.50. The number of unbranched alkanes of at least 4 members (excludes halogenated alkanes) is 1. The van der Waals surface area contributed by atoms with Crippen LogP contribution >= 0.6 is 11.8 Å². The fraction of sp³-hybridized carbons (Fsp3) is 0.250. The van der Waals surface area contributed by atoms with E-state index in [9.17, 15) is 9.59 Å². The van der Waals surface area contributed by atoms with Gasteiger partial charge in [-0.25, -0.2) is 4.99 Å². The van der Waals surface area contributed by atoms with E-state index in [1.807, 2.05) is 73.7 Å². The Balaban J connectivity index is 1.36. The van der Waals surface area contributed by atoms with E-state index in [0.717, 1.165) is 35.4 Å². The zero-order valence-corrected chi connectivity index (χ0v) is 20.2. The summed E-state index contributed by atoms with van der Waals surface area (Å²) in [7, 11) is 0. The molecule has 4 rings (SSSR count). The van der Waals surface area contributed by atoms with Gasteiger partial charge in [0, 0.05) is 5.56 Å². The molecule has 6 heteroatoms. The first-order valence-corrected chi connectivity index (χ1v) is 12.4. The van der Waals surface area contributed by atoms with Crippen LogP contribution in [0.2, 0.25) is 0 Å². The highest BCUT2D eigenvalue weighted by molar-refractivity contribution is 8.05. The fourth-order valence-corrected chi connectivity index (χ4v) is 4.65. The number of aliphatic imine (C=N–C) groups is 1. The van der Waals surface area contributed by atoms with Gasteiger partial charge >= 0.3 is 0 Å². The quantitative estimate of drug-likeness (QED) is 0.383. The first-order chi connectivity index (χ1) is 16.5. The number of nitrogens with zero attached hydrogens (tertiary/aromatic N) is 1. The van der Waals surface area contributed by atoms with Gasteiger partial charge in [0.05, 0.1) is 28.5 Å². The highest BCUT2D eigenvalue weighted by Crippen LogP contribution is 2.33. The van der Waals surface area contributed by atoms with E-state index in [1.165, 1.54) is 11.8 Å². The number of hydrogen-bond donors (Lipinski definition) is 1. The Kier molecular flexibility index (Phi) is 7.80. The van der Waals surface area contributed by atoms with Crippen molar-refractivity contribution in [2.75, 3.05) is 6.61 Å². The van der Waals surface area contributed by atoms with Crippen LogP contribution in [0.25, 0.3) is 6.08 Å². The molecule has 1 aliphatic heterocycles. The Bertz CT molecular complexity index is 1160. The molecule has 0 radical (unpaired) electrons. The number of hydrogen-bond acceptors (Lipinski definition) is 4. The number of thioether (sulfide) groups is 1. The van der Waals surface area contributed by atoms with Crippen LogP contribution in [0.3, 0.4) is 0 Å². The van der Waals surface area contributed by atoms with Crippen molar-refractivity contribution in [2.24, 2.45) is 4.99 Å². The second kappa shape index (κ2) is 11.2. The molecular formula is C28H28N2O3S. The molecule has 2 atom stereocenters. The molecule has 1 N–H and O–H groups in total. The Morgan fingerprint density at radius 1 is 1.15 bits per heavy atom. The molecule has 0 fully saturated rings. The molecule has 0 bridgehead atoms. The number of fused-ring (bicyclic) bond motifs is 1. The normalized spacial score (nSPS) is 18.9. The molecule has 0 spiro atoms. The van der Waals surface area contributed by atoms with Crippen LogP contribution in [0, 0.1) is 0 Å². The Hall–Kier alpha value is -3.38. The molecule has 2 unspecified atom stereocenters. The largest absolute Gasteiger partial charge is 0.494 e. The summed E-state index contributed by atoms with van der Waals surface area (Å²) < 4.78 is 5.70. The molecule has 174 valence electrons. The van der Waals surface area contributed by atoms with Gasteiger partial charge in [0.25, 0.3) is 11.8 Å². The average molecular weight is 473 g/mol. The van der Waals surface area contributed by atoms with Gasteiger partial charge in [0.2, 0.25) is 0 Å². The monoisotopic (exact) mass is 472 g/mol. The maximum absolute atomic E-state index is 12.7. The smallest absolute Gasteiger partial charge is 0.283 e. The van der Waals surface area contributed by atoms with Crippen molar-refractivity contribution < 1.29 is 14.3 Å². The molecule has 2 aliphatic rings. The molecule has 2 aromatic rings. The van der Waals surface area contributed by atoms with Gasteiger partial charge in [0.15, 0.2) is 0 Å². The topological polar surface area (TPSA) is 67.8 Å². The number of allylic oxidation sites excluding steroid dienone is 3. The van der Waals surface area contributed by atoms with Crippen LogP contribution in [0.5, 0.6) is 5.75 Å². The van der Waals surface area contributed by atoms with Gasteiger partial charge in [-0.15, -0.1) is 11.8 Å². The molecule has 1 aliphatic carbocycles. The van der Waals surface area contributed by atoms with Crippen molar-refractivity contribution in [3.63, 3.8) is 0 Å². The average Bonchev–Trinajstić information content (AvgIpc) is 2.85. The third-order valence-electron chi connectivity index (χ3n) is 5.62. The van der Waals surface area contributed by atoms with Crippen LogP contribution in [-0.4, -0.2) is 29.4 Å². The number of benzene rings is 2. The highest BCUT2D eigenvalue weighted by Gasteiger charge is 2.25. The summed E-state index contributed by atoms with van der Waals surface area (Å²) in [5, 5.41) is 3.11. The Labute approximate surface area is 204 Å². The van der Waals surface area contributed by atoms with Crippen molar-refractivity contribution in [1.82, 2.24) is 5.32 Å². The van der Waals surface area contributed by atoms with Gasteiger partial charge in [0.1, 0.15) is 5.75 Å². The molecule has 1 heterocycles. The summed E-state index contributed by atoms with van der Waals surface area (Å²) in [6, 6.07) is 14.9. The zero-order valence-electron chi connectivity index (χ0n) is 19.4. The minimum absolute atomic E-state index is 0.0671. The number of carbonyl (C=O) groups is 2. The second-order valence-corrected chi connectivity index (χ2v) is 9.40. The number of nitrogens with one attached hydrogen (secondary N) is 1. The summed E-state index contributed by atoms with van der Waals surface area (Å²) in [5.74, 6) is 0.466. The van der Waals surface area contributed by atoms with E-state index in [0.29, 0.717) is 17.1 Å². The Morgan fingerprint density at radius 3 is 2.65 bits per heavy atom. The van der Waals surface area contributed by atoms with Crippen LogP contribution in [-0.2, 0) is 4.79 Å². The number of carbonyl (C=O) groups excluding carboxylic acids is 2. The van der Waals surface area contributed by atoms with E-state index in [4.69, 9.17) is 4.74 Å². The van der Waals surface area contributed by atoms with Crippen LogP contribution < -0.4 is 10.1 Å². The summed E-state index contributed by atoms with van der Waals surface area (Å²) in [6.45, 7) is 4.80. The van der Waals surface area contributed by atoms with Crippen LogP contribution in [0.4, 0.5) is 0 Å². The highest BCUT2D eigenvalue weighted by atomic mass is 32.2. The number of amides is 2. The predicted molar refractivity (Wildman–Crippen MR) is 139 cm³/mol. The summed E-state index contributed by atoms with van der Waals surface area (Å²) in [4.78, 5) is 29.9. The van der Waals surface area contributed by atoms with Crippen molar-refractivity contribution in [1.29, 1.82) is 0 Å². The molecule has 0 saturated carbocycles. The van der Waals surface area contributed by atoms with Gasteiger partial charge < -0.3 is 10.1 Å². The zero-order chi connectivity index (χ0) is 23.9. The lowest BCUT2D eigenvalue weighted by Crippen LogP contribution is -2.26. The van der Waals surface area contributed by atoms with E-state index >= 15 is 0 Å². The maximum Gasteiger partial charge on any atom is 0.283 e. The lowest BCUT2D eigenvalue weighted by atomic mass is 10.1. The van der Waals surface area contributed by atoms with E-state index < -0.39 is 0 Å². The fourth-order valence-electron chi connectivity index (χ4n) is 3.60. The van der Waals surface area contributed by atoms with Crippen molar-refractivity contribution >= 4 is 35.4 Å². The van der Waals surface area contributed by atoms with Gasteiger partial charge in [-0.3, -0.25) is 9.59 Å². The SMILES string of the molecule is CCCCOc1ccc(C(C)NC(=O)c2ccc(/C=C3/SC4C=CC=CC4=NC3=O)cc2)cc1. The molecule has 0 saturated heterocycles. The van der Waals surface area contributed by atoms with Crippen LogP contribution in [0.15, 0.2) is 82.7 Å². The predicted octanol–water partition coefficient (Wildman–Crippen LogP) is 5.91. The lowest BCUT2D eigenvalue weighted by Gasteiger charge is -2.20. The maximum atomic E-state index is 12.7. The summed E-state index contributed by atoms with van der Waals surface area (Å²) in [6.07, 6.45) is 11.7. The lowest BCUT2D eigenvalue weighted by molar-refractivity contribution is -0.113. The van der Waals surface area contributed by atoms with Gasteiger partial charge in [-0.1, -0.05) is 55.8 Å². The van der Waals surface area contributed by atoms with Crippen molar-refractivity contribution in [3.8, 4) is 5.75 Å². The van der Waals surface area contributed by atoms with Crippen molar-refractivity contribution in [3.05, 3.63) is 94.4 Å². The van der Waals surface area contributed by atoms with Gasteiger partial charge in [-0.05, 0) is 60.9 Å². The molecule has 2 amide bonds. The van der Waals surface area contributed by atoms with Gasteiger partial charge in [-0.2, -0.15) is 0 Å². The number of ether oxygens (including phenoxy) is 1. The van der Waals surface area contributed by atoms with Crippen molar-refractivity contribution in [2.45, 2.75) is 38.0 Å². The minimum Gasteiger partial charge on any atom is -0.494 e. The first kappa shape index (κ1) is 23.8. The first-order valence-electron chi connectivity index (χ1n) is 11.5. The standard InChI is InChI=1S/C28H28N2O3S/c1-3-4-17-33-23-15-13-21(14-16-23)19(2)29-27(31)22-11-9-20(10-12-22)18-26-28(32)30-24-7-5-6-8-25(24)34-26/h5-16,18-19,25H,3-4,17H2,1-2H3,(H,29,31)/b26-18+.